The third-order valence-corrected chi connectivity index (χ3v) is 3.39. The van der Waals surface area contributed by atoms with E-state index < -0.39 is 12.1 Å². The number of ether oxygens (including phenoxy) is 1. The summed E-state index contributed by atoms with van der Waals surface area (Å²) in [6, 6.07) is 9.14. The third kappa shape index (κ3) is 4.06. The topological polar surface area (TPSA) is 75.6 Å². The van der Waals surface area contributed by atoms with Gasteiger partial charge in [0, 0.05) is 13.0 Å². The van der Waals surface area contributed by atoms with E-state index in [2.05, 4.69) is 5.32 Å². The molecule has 0 bridgehead atoms. The molecular weight excluding hydrogens is 258 g/mol. The SMILES string of the molecule is O=C(O)CCC(NC(=O)[C@H]1CCCO1)c1ccccc1. The molecule has 1 fully saturated rings. The van der Waals surface area contributed by atoms with Crippen molar-refractivity contribution < 1.29 is 19.4 Å². The molecule has 1 unspecified atom stereocenters. The van der Waals surface area contributed by atoms with Crippen LogP contribution in [0.5, 0.6) is 0 Å². The van der Waals surface area contributed by atoms with E-state index in [9.17, 15) is 9.59 Å². The number of hydrogen-bond donors (Lipinski definition) is 2. The Morgan fingerprint density at radius 1 is 1.35 bits per heavy atom. The number of aliphatic carboxylic acids is 1. The molecule has 2 atom stereocenters. The second kappa shape index (κ2) is 7.05. The van der Waals surface area contributed by atoms with Crippen LogP contribution in [0.25, 0.3) is 0 Å². The summed E-state index contributed by atoms with van der Waals surface area (Å²) >= 11 is 0. The van der Waals surface area contributed by atoms with Crippen LogP contribution >= 0.6 is 0 Å². The average molecular weight is 277 g/mol. The molecule has 1 aromatic carbocycles. The van der Waals surface area contributed by atoms with Crippen molar-refractivity contribution in [2.45, 2.75) is 37.8 Å². The lowest BCUT2D eigenvalue weighted by molar-refractivity contribution is -0.138. The van der Waals surface area contributed by atoms with Crippen LogP contribution in [0.1, 0.15) is 37.3 Å². The van der Waals surface area contributed by atoms with Gasteiger partial charge in [-0.2, -0.15) is 0 Å². The van der Waals surface area contributed by atoms with Crippen molar-refractivity contribution in [2.75, 3.05) is 6.61 Å². The van der Waals surface area contributed by atoms with Crippen molar-refractivity contribution in [3.63, 3.8) is 0 Å². The van der Waals surface area contributed by atoms with Crippen molar-refractivity contribution in [1.82, 2.24) is 5.32 Å². The Bertz CT molecular complexity index is 454. The maximum atomic E-state index is 12.1. The second-order valence-corrected chi connectivity index (χ2v) is 4.91. The van der Waals surface area contributed by atoms with E-state index in [0.29, 0.717) is 13.0 Å². The van der Waals surface area contributed by atoms with Crippen LogP contribution in [0, 0.1) is 0 Å². The van der Waals surface area contributed by atoms with Gasteiger partial charge in [-0.25, -0.2) is 0 Å². The first-order chi connectivity index (χ1) is 9.66. The molecule has 0 saturated carbocycles. The summed E-state index contributed by atoms with van der Waals surface area (Å²) in [5.41, 5.74) is 0.917. The highest BCUT2D eigenvalue weighted by Gasteiger charge is 2.26. The molecule has 108 valence electrons. The Labute approximate surface area is 117 Å². The Morgan fingerprint density at radius 3 is 2.70 bits per heavy atom. The summed E-state index contributed by atoms with van der Waals surface area (Å²) < 4.78 is 5.35. The van der Waals surface area contributed by atoms with Gasteiger partial charge in [0.1, 0.15) is 6.10 Å². The summed E-state index contributed by atoms with van der Waals surface area (Å²) in [5.74, 6) is -1.01. The molecule has 1 heterocycles. The Kier molecular flexibility index (Phi) is 5.12. The lowest BCUT2D eigenvalue weighted by atomic mass is 10.0. The molecule has 2 rings (SSSR count). The Morgan fingerprint density at radius 2 is 2.10 bits per heavy atom. The minimum atomic E-state index is -0.864. The van der Waals surface area contributed by atoms with E-state index in [1.165, 1.54) is 0 Å². The van der Waals surface area contributed by atoms with Crippen molar-refractivity contribution in [1.29, 1.82) is 0 Å². The predicted octanol–water partition coefficient (Wildman–Crippen LogP) is 1.89. The van der Waals surface area contributed by atoms with Crippen LogP contribution in [-0.2, 0) is 14.3 Å². The molecule has 5 nitrogen and oxygen atoms in total. The van der Waals surface area contributed by atoms with Gasteiger partial charge in [-0.15, -0.1) is 0 Å². The molecule has 2 N–H and O–H groups in total. The maximum Gasteiger partial charge on any atom is 0.303 e. The van der Waals surface area contributed by atoms with Crippen LogP contribution in [0.4, 0.5) is 0 Å². The highest BCUT2D eigenvalue weighted by atomic mass is 16.5. The number of benzene rings is 1. The normalized spacial score (nSPS) is 19.5. The van der Waals surface area contributed by atoms with E-state index in [1.807, 2.05) is 30.3 Å². The fourth-order valence-electron chi connectivity index (χ4n) is 2.32. The molecule has 0 spiro atoms. The van der Waals surface area contributed by atoms with Gasteiger partial charge in [-0.1, -0.05) is 30.3 Å². The molecule has 1 aliphatic heterocycles. The van der Waals surface area contributed by atoms with E-state index in [-0.39, 0.29) is 18.4 Å². The smallest absolute Gasteiger partial charge is 0.303 e. The first-order valence-corrected chi connectivity index (χ1v) is 6.85. The summed E-state index contributed by atoms with van der Waals surface area (Å²) in [7, 11) is 0. The molecule has 5 heteroatoms. The van der Waals surface area contributed by atoms with Gasteiger partial charge in [0.15, 0.2) is 0 Å². The summed E-state index contributed by atoms with van der Waals surface area (Å²) in [6.07, 6.45) is 1.62. The second-order valence-electron chi connectivity index (χ2n) is 4.91. The number of carbonyl (C=O) groups is 2. The molecule has 0 aliphatic carbocycles. The number of amides is 1. The van der Waals surface area contributed by atoms with Crippen molar-refractivity contribution >= 4 is 11.9 Å². The number of carboxylic acids is 1. The maximum absolute atomic E-state index is 12.1. The molecule has 20 heavy (non-hydrogen) atoms. The van der Waals surface area contributed by atoms with Crippen molar-refractivity contribution in [2.24, 2.45) is 0 Å². The zero-order valence-electron chi connectivity index (χ0n) is 11.2. The van der Waals surface area contributed by atoms with Gasteiger partial charge >= 0.3 is 5.97 Å². The van der Waals surface area contributed by atoms with Gasteiger partial charge in [0.25, 0.3) is 0 Å². The van der Waals surface area contributed by atoms with Gasteiger partial charge in [-0.3, -0.25) is 9.59 Å². The third-order valence-electron chi connectivity index (χ3n) is 3.39. The monoisotopic (exact) mass is 277 g/mol. The number of rotatable bonds is 6. The number of nitrogens with one attached hydrogen (secondary N) is 1. The molecule has 0 radical (unpaired) electrons. The van der Waals surface area contributed by atoms with E-state index in [0.717, 1.165) is 18.4 Å². The summed E-state index contributed by atoms with van der Waals surface area (Å²) in [5, 5.41) is 11.7. The Hall–Kier alpha value is -1.88. The fraction of sp³-hybridized carbons (Fsp3) is 0.467. The zero-order chi connectivity index (χ0) is 14.4. The van der Waals surface area contributed by atoms with E-state index >= 15 is 0 Å². The van der Waals surface area contributed by atoms with Gasteiger partial charge in [0.2, 0.25) is 5.91 Å². The minimum Gasteiger partial charge on any atom is -0.481 e. The van der Waals surface area contributed by atoms with Crippen molar-refractivity contribution in [3.8, 4) is 0 Å². The lowest BCUT2D eigenvalue weighted by Crippen LogP contribution is -2.37. The van der Waals surface area contributed by atoms with E-state index in [4.69, 9.17) is 9.84 Å². The zero-order valence-corrected chi connectivity index (χ0v) is 11.2. The molecule has 1 saturated heterocycles. The quantitative estimate of drug-likeness (QED) is 0.832. The van der Waals surface area contributed by atoms with Crippen LogP contribution in [0.2, 0.25) is 0 Å². The molecular formula is C15H19NO4. The van der Waals surface area contributed by atoms with Crippen molar-refractivity contribution in [3.05, 3.63) is 35.9 Å². The highest BCUT2D eigenvalue weighted by molar-refractivity contribution is 5.81. The largest absolute Gasteiger partial charge is 0.481 e. The predicted molar refractivity (Wildman–Crippen MR) is 73.2 cm³/mol. The molecule has 1 aliphatic rings. The molecule has 1 aromatic rings. The van der Waals surface area contributed by atoms with Crippen LogP contribution in [0.15, 0.2) is 30.3 Å². The van der Waals surface area contributed by atoms with Crippen LogP contribution < -0.4 is 5.32 Å². The number of hydrogen-bond acceptors (Lipinski definition) is 3. The van der Waals surface area contributed by atoms with Crippen LogP contribution in [0.3, 0.4) is 0 Å². The Balaban J connectivity index is 2.01. The summed E-state index contributed by atoms with van der Waals surface area (Å²) in [6.45, 7) is 0.614. The van der Waals surface area contributed by atoms with E-state index in [1.54, 1.807) is 0 Å². The average Bonchev–Trinajstić information content (AvgIpc) is 2.98. The molecule has 0 aromatic heterocycles. The summed E-state index contributed by atoms with van der Waals surface area (Å²) in [4.78, 5) is 22.8. The molecule has 1 amide bonds. The lowest BCUT2D eigenvalue weighted by Gasteiger charge is -2.20. The standard InChI is InChI=1S/C15H19NO4/c17-14(18)9-8-12(11-5-2-1-3-6-11)16-15(19)13-7-4-10-20-13/h1-3,5-6,12-13H,4,7-10H2,(H,16,19)(H,17,18)/t12?,13-/m1/s1. The first-order valence-electron chi connectivity index (χ1n) is 6.85. The van der Waals surface area contributed by atoms with Gasteiger partial charge < -0.3 is 15.2 Å². The number of carbonyl (C=O) groups excluding carboxylic acids is 1. The van der Waals surface area contributed by atoms with Gasteiger partial charge in [0.05, 0.1) is 6.04 Å². The minimum absolute atomic E-state index is 0.0192. The van der Waals surface area contributed by atoms with Crippen LogP contribution in [-0.4, -0.2) is 29.7 Å². The van der Waals surface area contributed by atoms with Gasteiger partial charge in [-0.05, 0) is 24.8 Å². The number of carboxylic acid groups (broad SMARTS) is 1. The highest BCUT2D eigenvalue weighted by Crippen LogP contribution is 2.20. The first kappa shape index (κ1) is 14.5. The fourth-order valence-corrected chi connectivity index (χ4v) is 2.32.